The van der Waals surface area contributed by atoms with Crippen LogP contribution in [0.3, 0.4) is 0 Å². The maximum absolute atomic E-state index is 12.4. The molecule has 0 atom stereocenters. The fourth-order valence-electron chi connectivity index (χ4n) is 4.13. The van der Waals surface area contributed by atoms with Gasteiger partial charge in [0.05, 0.1) is 11.3 Å². The standard InChI is InChI=1S/C26H26N2O6/c29-24(28-21-7-3-1-6-19(21)26(31)27-16-9-10-16)14-33-25(30)15-32-17-11-12-23-20(13-17)18-5-2-4-8-22(18)34-23/h1,3,6-7,11-13,16H,2,4-5,8-10,14-15H2,(H,27,31)(H,28,29). The van der Waals surface area contributed by atoms with E-state index in [1.165, 1.54) is 5.56 Å². The molecule has 2 aromatic carbocycles. The van der Waals surface area contributed by atoms with Gasteiger partial charge in [0.2, 0.25) is 0 Å². The van der Waals surface area contributed by atoms with Crippen molar-refractivity contribution in [1.29, 1.82) is 0 Å². The van der Waals surface area contributed by atoms with Gasteiger partial charge in [-0.05, 0) is 62.4 Å². The van der Waals surface area contributed by atoms with E-state index in [0.29, 0.717) is 17.0 Å². The van der Waals surface area contributed by atoms with Crippen LogP contribution >= 0.6 is 0 Å². The molecule has 1 heterocycles. The Morgan fingerprint density at radius 2 is 1.82 bits per heavy atom. The number of nitrogens with one attached hydrogen (secondary N) is 2. The second-order valence-electron chi connectivity index (χ2n) is 8.66. The lowest BCUT2D eigenvalue weighted by atomic mass is 9.96. The van der Waals surface area contributed by atoms with Crippen LogP contribution in [0, 0.1) is 0 Å². The lowest BCUT2D eigenvalue weighted by Crippen LogP contribution is -2.28. The highest BCUT2D eigenvalue weighted by molar-refractivity contribution is 6.04. The first kappa shape index (κ1) is 22.0. The van der Waals surface area contributed by atoms with E-state index in [1.54, 1.807) is 30.3 Å². The second kappa shape index (κ2) is 9.59. The van der Waals surface area contributed by atoms with E-state index in [9.17, 15) is 14.4 Å². The van der Waals surface area contributed by atoms with Crippen LogP contribution in [-0.2, 0) is 27.2 Å². The highest BCUT2D eigenvalue weighted by Gasteiger charge is 2.25. The fourth-order valence-corrected chi connectivity index (χ4v) is 4.13. The Labute approximate surface area is 196 Å². The Morgan fingerprint density at radius 3 is 2.68 bits per heavy atom. The lowest BCUT2D eigenvalue weighted by molar-refractivity contribution is -0.149. The van der Waals surface area contributed by atoms with E-state index in [1.807, 2.05) is 12.1 Å². The molecule has 1 saturated carbocycles. The number of carbonyl (C=O) groups excluding carboxylic acids is 3. The number of benzene rings is 2. The van der Waals surface area contributed by atoms with Crippen molar-refractivity contribution in [1.82, 2.24) is 5.32 Å². The number of hydrogen-bond acceptors (Lipinski definition) is 6. The first-order valence-electron chi connectivity index (χ1n) is 11.6. The molecule has 2 aliphatic carbocycles. The van der Waals surface area contributed by atoms with Crippen molar-refractivity contribution < 1.29 is 28.3 Å². The van der Waals surface area contributed by atoms with Gasteiger partial charge in [0.15, 0.2) is 13.2 Å². The van der Waals surface area contributed by atoms with Crippen molar-refractivity contribution in [3.05, 3.63) is 59.4 Å². The zero-order valence-corrected chi connectivity index (χ0v) is 18.7. The summed E-state index contributed by atoms with van der Waals surface area (Å²) in [6.07, 6.45) is 6.14. The summed E-state index contributed by atoms with van der Waals surface area (Å²) in [5.74, 6) is 0.143. The summed E-state index contributed by atoms with van der Waals surface area (Å²) in [7, 11) is 0. The minimum Gasteiger partial charge on any atom is -0.482 e. The normalized spacial score (nSPS) is 14.8. The molecule has 1 aromatic heterocycles. The predicted octanol–water partition coefficient (Wildman–Crippen LogP) is 3.76. The van der Waals surface area contributed by atoms with Crippen molar-refractivity contribution in [2.45, 2.75) is 44.6 Å². The van der Waals surface area contributed by atoms with Gasteiger partial charge in [-0.1, -0.05) is 12.1 Å². The molecule has 0 bridgehead atoms. The summed E-state index contributed by atoms with van der Waals surface area (Å²) in [6.45, 7) is -0.797. The SMILES string of the molecule is O=C(COC(=O)COc1ccc2oc3c(c2c1)CCCC3)Nc1ccccc1C(=O)NC1CC1. The minimum atomic E-state index is -0.663. The van der Waals surface area contributed by atoms with Crippen LogP contribution in [-0.4, -0.2) is 37.0 Å². The van der Waals surface area contributed by atoms with E-state index < -0.39 is 18.5 Å². The highest BCUT2D eigenvalue weighted by atomic mass is 16.6. The van der Waals surface area contributed by atoms with Crippen LogP contribution < -0.4 is 15.4 Å². The molecule has 2 amide bonds. The third-order valence-electron chi connectivity index (χ3n) is 6.01. The third-order valence-corrected chi connectivity index (χ3v) is 6.01. The van der Waals surface area contributed by atoms with E-state index in [0.717, 1.165) is 55.3 Å². The van der Waals surface area contributed by atoms with Crippen LogP contribution in [0.4, 0.5) is 5.69 Å². The van der Waals surface area contributed by atoms with Gasteiger partial charge in [-0.15, -0.1) is 0 Å². The number of fused-ring (bicyclic) bond motifs is 3. The Kier molecular flexibility index (Phi) is 6.20. The quantitative estimate of drug-likeness (QED) is 0.494. The number of ether oxygens (including phenoxy) is 2. The molecule has 1 fully saturated rings. The maximum atomic E-state index is 12.4. The van der Waals surface area contributed by atoms with Crippen molar-refractivity contribution in [3.8, 4) is 5.75 Å². The Hall–Kier alpha value is -3.81. The molecule has 8 heteroatoms. The van der Waals surface area contributed by atoms with Crippen LogP contribution in [0.5, 0.6) is 5.75 Å². The van der Waals surface area contributed by atoms with Crippen molar-refractivity contribution in [3.63, 3.8) is 0 Å². The molecular weight excluding hydrogens is 436 g/mol. The molecule has 2 N–H and O–H groups in total. The van der Waals surface area contributed by atoms with Gasteiger partial charge in [-0.25, -0.2) is 4.79 Å². The summed E-state index contributed by atoms with van der Waals surface area (Å²) in [5.41, 5.74) is 2.78. The summed E-state index contributed by atoms with van der Waals surface area (Å²) in [6, 6.07) is 12.4. The molecule has 176 valence electrons. The molecule has 0 aliphatic heterocycles. The van der Waals surface area contributed by atoms with Gasteiger partial charge < -0.3 is 24.5 Å². The number of hydrogen-bond donors (Lipinski definition) is 2. The monoisotopic (exact) mass is 462 g/mol. The van der Waals surface area contributed by atoms with Gasteiger partial charge in [0.25, 0.3) is 11.8 Å². The Morgan fingerprint density at radius 1 is 1.00 bits per heavy atom. The molecule has 0 spiro atoms. The number of furan rings is 1. The summed E-state index contributed by atoms with van der Waals surface area (Å²) in [4.78, 5) is 36.8. The van der Waals surface area contributed by atoms with Gasteiger partial charge >= 0.3 is 5.97 Å². The van der Waals surface area contributed by atoms with Crippen LogP contribution in [0.15, 0.2) is 46.9 Å². The number of esters is 1. The molecule has 0 saturated heterocycles. The summed E-state index contributed by atoms with van der Waals surface area (Å²) < 4.78 is 16.5. The Balaban J connectivity index is 1.12. The predicted molar refractivity (Wildman–Crippen MR) is 125 cm³/mol. The second-order valence-corrected chi connectivity index (χ2v) is 8.66. The molecule has 0 radical (unpaired) electrons. The topological polar surface area (TPSA) is 107 Å². The van der Waals surface area contributed by atoms with Gasteiger partial charge in [-0.2, -0.15) is 0 Å². The first-order valence-corrected chi connectivity index (χ1v) is 11.6. The molecule has 8 nitrogen and oxygen atoms in total. The molecule has 5 rings (SSSR count). The lowest BCUT2D eigenvalue weighted by Gasteiger charge is -2.11. The van der Waals surface area contributed by atoms with Crippen LogP contribution in [0.25, 0.3) is 11.0 Å². The Bertz CT molecular complexity index is 1240. The number of para-hydroxylation sites is 1. The van der Waals surface area contributed by atoms with Gasteiger partial charge in [-0.3, -0.25) is 9.59 Å². The fraction of sp³-hybridized carbons (Fsp3) is 0.346. The maximum Gasteiger partial charge on any atom is 0.344 e. The zero-order chi connectivity index (χ0) is 23.5. The largest absolute Gasteiger partial charge is 0.482 e. The third kappa shape index (κ3) is 5.06. The molecule has 0 unspecified atom stereocenters. The number of anilines is 1. The van der Waals surface area contributed by atoms with Gasteiger partial charge in [0.1, 0.15) is 17.1 Å². The molecule has 34 heavy (non-hydrogen) atoms. The van der Waals surface area contributed by atoms with Crippen molar-refractivity contribution in [2.24, 2.45) is 0 Å². The van der Waals surface area contributed by atoms with E-state index >= 15 is 0 Å². The van der Waals surface area contributed by atoms with Crippen LogP contribution in [0.2, 0.25) is 0 Å². The number of amides is 2. The number of aryl methyl sites for hydroxylation is 2. The summed E-state index contributed by atoms with van der Waals surface area (Å²) >= 11 is 0. The van der Waals surface area contributed by atoms with Crippen LogP contribution in [0.1, 0.15) is 47.4 Å². The van der Waals surface area contributed by atoms with E-state index in [4.69, 9.17) is 13.9 Å². The minimum absolute atomic E-state index is 0.205. The van der Waals surface area contributed by atoms with E-state index in [2.05, 4.69) is 10.6 Å². The smallest absolute Gasteiger partial charge is 0.344 e. The molecule has 3 aromatic rings. The first-order chi connectivity index (χ1) is 16.6. The van der Waals surface area contributed by atoms with Crippen molar-refractivity contribution >= 4 is 34.4 Å². The molecule has 2 aliphatic rings. The number of carbonyl (C=O) groups is 3. The van der Waals surface area contributed by atoms with Gasteiger partial charge in [0, 0.05) is 23.4 Å². The zero-order valence-electron chi connectivity index (χ0n) is 18.7. The van der Waals surface area contributed by atoms with E-state index in [-0.39, 0.29) is 18.6 Å². The molecular formula is C26H26N2O6. The average Bonchev–Trinajstić information content (AvgIpc) is 3.59. The van der Waals surface area contributed by atoms with Crippen molar-refractivity contribution in [2.75, 3.05) is 18.5 Å². The number of rotatable bonds is 8. The summed E-state index contributed by atoms with van der Waals surface area (Å²) in [5, 5.41) is 6.54. The average molecular weight is 463 g/mol. The highest BCUT2D eigenvalue weighted by Crippen LogP contribution is 2.34.